The van der Waals surface area contributed by atoms with Gasteiger partial charge in [0.05, 0.1) is 10.6 Å². The molecule has 0 saturated heterocycles. The van der Waals surface area contributed by atoms with Crippen LogP contribution in [0, 0.1) is 0 Å². The molecule has 0 aliphatic carbocycles. The first kappa shape index (κ1) is 22.7. The quantitative estimate of drug-likeness (QED) is 0.203. The van der Waals surface area contributed by atoms with E-state index in [1.807, 2.05) is 78.9 Å². The Morgan fingerprint density at radius 3 is 2.05 bits per heavy atom. The topological polar surface area (TPSA) is 48.7 Å². The predicted molar refractivity (Wildman–Crippen MR) is 164 cm³/mol. The molecule has 0 amide bonds. The molecule has 2 aliphatic heterocycles. The summed E-state index contributed by atoms with van der Waals surface area (Å²) in [6, 6.07) is 42.0. The molecule has 1 unspecified atom stereocenters. The van der Waals surface area contributed by atoms with Gasteiger partial charge in [-0.05, 0) is 65.2 Å². The minimum atomic E-state index is -3.25. The second-order valence-corrected chi connectivity index (χ2v) is 13.1. The lowest BCUT2D eigenvalue weighted by Crippen LogP contribution is -2.35. The molecule has 2 aliphatic rings. The van der Waals surface area contributed by atoms with E-state index in [-0.39, 0.29) is 0 Å². The zero-order valence-corrected chi connectivity index (χ0v) is 22.6. The molecule has 0 saturated carbocycles. The van der Waals surface area contributed by atoms with Crippen LogP contribution in [-0.2, 0) is 4.57 Å². The van der Waals surface area contributed by atoms with Crippen molar-refractivity contribution in [2.24, 2.45) is 0 Å². The van der Waals surface area contributed by atoms with Crippen LogP contribution in [0.25, 0.3) is 44.2 Å². The summed E-state index contributed by atoms with van der Waals surface area (Å²) in [5, 5.41) is 4.23. The Balaban J connectivity index is 1.22. The normalized spacial score (nSPS) is 16.4. The minimum Gasteiger partial charge on any atom is -0.456 e. The summed E-state index contributed by atoms with van der Waals surface area (Å²) in [5.41, 5.74) is 5.82. The van der Waals surface area contributed by atoms with Crippen LogP contribution in [0.4, 0.5) is 0 Å². The van der Waals surface area contributed by atoms with Crippen molar-refractivity contribution in [1.82, 2.24) is 0 Å². The van der Waals surface area contributed by atoms with Gasteiger partial charge in [-0.2, -0.15) is 0 Å². The van der Waals surface area contributed by atoms with Crippen LogP contribution in [0.3, 0.4) is 0 Å². The maximum Gasteiger partial charge on any atom is 0.185 e. The van der Waals surface area contributed by atoms with Gasteiger partial charge in [0.2, 0.25) is 0 Å². The summed E-state index contributed by atoms with van der Waals surface area (Å²) < 4.78 is 34.1. The number of ether oxygens (including phenoxy) is 2. The second-order valence-electron chi connectivity index (χ2n) is 10.4. The van der Waals surface area contributed by atoms with Crippen LogP contribution in [0.2, 0.25) is 0 Å². The Morgan fingerprint density at radius 1 is 0.488 bits per heavy atom. The van der Waals surface area contributed by atoms with Crippen LogP contribution in [0.5, 0.6) is 23.0 Å². The highest BCUT2D eigenvalue weighted by atomic mass is 31.2. The third kappa shape index (κ3) is 3.14. The molecule has 0 fully saturated rings. The van der Waals surface area contributed by atoms with Crippen molar-refractivity contribution in [3.8, 4) is 45.3 Å². The molecule has 3 heterocycles. The number of para-hydroxylation sites is 3. The van der Waals surface area contributed by atoms with E-state index in [0.29, 0.717) is 38.9 Å². The van der Waals surface area contributed by atoms with Gasteiger partial charge in [0.1, 0.15) is 39.5 Å². The van der Waals surface area contributed by atoms with E-state index >= 15 is 4.57 Å². The van der Waals surface area contributed by atoms with Gasteiger partial charge < -0.3 is 18.5 Å². The number of rotatable bonds is 2. The van der Waals surface area contributed by atoms with Crippen molar-refractivity contribution < 1.29 is 18.5 Å². The van der Waals surface area contributed by atoms with Gasteiger partial charge in [-0.25, -0.2) is 0 Å². The molecular weight excluding hydrogens is 527 g/mol. The van der Waals surface area contributed by atoms with Crippen LogP contribution in [-0.4, -0.2) is 0 Å². The van der Waals surface area contributed by atoms with Crippen LogP contribution in [0.15, 0.2) is 132 Å². The van der Waals surface area contributed by atoms with E-state index in [0.717, 1.165) is 44.2 Å². The first-order valence-corrected chi connectivity index (χ1v) is 15.2. The van der Waals surface area contributed by atoms with Gasteiger partial charge in [0.25, 0.3) is 0 Å². The molecule has 0 bridgehead atoms. The molecule has 4 nitrogen and oxygen atoms in total. The molecule has 6 aromatic carbocycles. The highest BCUT2D eigenvalue weighted by molar-refractivity contribution is 7.86. The van der Waals surface area contributed by atoms with Crippen molar-refractivity contribution >= 4 is 45.0 Å². The average Bonchev–Trinajstić information content (AvgIpc) is 3.40. The van der Waals surface area contributed by atoms with E-state index < -0.39 is 7.14 Å². The minimum absolute atomic E-state index is 0.585. The van der Waals surface area contributed by atoms with Gasteiger partial charge in [-0.1, -0.05) is 78.9 Å². The van der Waals surface area contributed by atoms with Gasteiger partial charge >= 0.3 is 0 Å². The molecule has 9 rings (SSSR count). The monoisotopic (exact) mass is 548 g/mol. The molecule has 7 aromatic rings. The SMILES string of the molecule is O=P12c3ccccc3Oc3cccc(c31)Oc1ccc(-c3cccc(-c4cccc5c4oc4ccccc45)c3)cc12. The number of hydrogen-bond acceptors (Lipinski definition) is 4. The fourth-order valence-corrected chi connectivity index (χ4v) is 9.34. The zero-order valence-electron chi connectivity index (χ0n) is 21.7. The summed E-state index contributed by atoms with van der Waals surface area (Å²) in [5.74, 6) is 2.41. The van der Waals surface area contributed by atoms with Gasteiger partial charge in [-0.3, -0.25) is 0 Å². The van der Waals surface area contributed by atoms with E-state index in [1.165, 1.54) is 0 Å². The lowest BCUT2D eigenvalue weighted by atomic mass is 9.97. The number of fused-ring (bicyclic) bond motifs is 7. The van der Waals surface area contributed by atoms with Crippen molar-refractivity contribution in [1.29, 1.82) is 0 Å². The fraction of sp³-hybridized carbons (Fsp3) is 0. The molecule has 0 radical (unpaired) electrons. The maximum absolute atomic E-state index is 15.3. The molecule has 194 valence electrons. The molecule has 0 spiro atoms. The summed E-state index contributed by atoms with van der Waals surface area (Å²) in [6.07, 6.45) is 0. The Hall–Kier alpha value is -5.05. The average molecular weight is 549 g/mol. The van der Waals surface area contributed by atoms with Gasteiger partial charge in [-0.15, -0.1) is 0 Å². The lowest BCUT2D eigenvalue weighted by Gasteiger charge is -2.34. The van der Waals surface area contributed by atoms with E-state index in [9.17, 15) is 0 Å². The Bertz CT molecular complexity index is 2250. The molecule has 0 N–H and O–H groups in total. The first-order chi connectivity index (χ1) is 20.2. The summed E-state index contributed by atoms with van der Waals surface area (Å²) >= 11 is 0. The molecule has 5 heteroatoms. The number of furan rings is 1. The largest absolute Gasteiger partial charge is 0.456 e. The van der Waals surface area contributed by atoms with Crippen molar-refractivity contribution in [3.63, 3.8) is 0 Å². The Morgan fingerprint density at radius 2 is 1.15 bits per heavy atom. The van der Waals surface area contributed by atoms with Crippen molar-refractivity contribution in [3.05, 3.63) is 127 Å². The number of benzene rings is 6. The maximum atomic E-state index is 15.3. The third-order valence-electron chi connectivity index (χ3n) is 8.13. The standard InChI is InChI=1S/C36H21O4P/c37-41-33-17-4-3-14-29(33)38-31-15-7-16-32(36(31)41)39-30-19-18-23(21-34(30)41)22-8-5-9-24(20-22)25-11-6-12-27-26-10-1-2-13-28(26)40-35(25)27/h1-21H. The van der Waals surface area contributed by atoms with E-state index in [1.54, 1.807) is 0 Å². The highest BCUT2D eigenvalue weighted by Crippen LogP contribution is 2.58. The van der Waals surface area contributed by atoms with Crippen LogP contribution in [0.1, 0.15) is 0 Å². The Labute approximate surface area is 235 Å². The molecule has 1 atom stereocenters. The highest BCUT2D eigenvalue weighted by Gasteiger charge is 2.46. The Kier molecular flexibility index (Phi) is 4.57. The number of hydrogen-bond donors (Lipinski definition) is 0. The summed E-state index contributed by atoms with van der Waals surface area (Å²) in [6.45, 7) is 0. The molecular formula is C36H21O4P. The first-order valence-electron chi connectivity index (χ1n) is 13.5. The van der Waals surface area contributed by atoms with Crippen LogP contribution < -0.4 is 25.4 Å². The lowest BCUT2D eigenvalue weighted by molar-refractivity contribution is 0.461. The zero-order chi connectivity index (χ0) is 27.1. The fourth-order valence-electron chi connectivity index (χ4n) is 6.26. The summed E-state index contributed by atoms with van der Waals surface area (Å²) in [4.78, 5) is 0. The van der Waals surface area contributed by atoms with E-state index in [4.69, 9.17) is 13.9 Å². The second kappa shape index (κ2) is 8.23. The van der Waals surface area contributed by atoms with E-state index in [2.05, 4.69) is 48.5 Å². The van der Waals surface area contributed by atoms with Crippen molar-refractivity contribution in [2.45, 2.75) is 0 Å². The third-order valence-corrected chi connectivity index (χ3v) is 11.3. The van der Waals surface area contributed by atoms with Crippen LogP contribution >= 0.6 is 7.14 Å². The molecule has 1 aromatic heterocycles. The predicted octanol–water partition coefficient (Wildman–Crippen LogP) is 8.77. The summed E-state index contributed by atoms with van der Waals surface area (Å²) in [7, 11) is -3.25. The van der Waals surface area contributed by atoms with Crippen molar-refractivity contribution in [2.75, 3.05) is 0 Å². The molecule has 41 heavy (non-hydrogen) atoms. The smallest absolute Gasteiger partial charge is 0.185 e. The van der Waals surface area contributed by atoms with Gasteiger partial charge in [0, 0.05) is 16.3 Å². The van der Waals surface area contributed by atoms with Gasteiger partial charge in [0.15, 0.2) is 7.14 Å².